The molecule has 2 aromatic heterocycles. The van der Waals surface area contributed by atoms with E-state index < -0.39 is 5.60 Å². The van der Waals surface area contributed by atoms with E-state index >= 15 is 0 Å². The number of ether oxygens (including phenoxy) is 2. The summed E-state index contributed by atoms with van der Waals surface area (Å²) in [6.07, 6.45) is 7.42. The van der Waals surface area contributed by atoms with Crippen LogP contribution >= 0.6 is 0 Å². The number of rotatable bonds is 10. The van der Waals surface area contributed by atoms with Crippen molar-refractivity contribution in [2.24, 2.45) is 5.41 Å². The third-order valence-electron chi connectivity index (χ3n) is 8.03. The molecule has 1 aromatic carbocycles. The maximum Gasteiger partial charge on any atom is 0.293 e. The van der Waals surface area contributed by atoms with Gasteiger partial charge in [0.05, 0.1) is 41.5 Å². The van der Waals surface area contributed by atoms with E-state index in [1.54, 1.807) is 34.6 Å². The van der Waals surface area contributed by atoms with Crippen LogP contribution in [0.1, 0.15) is 90.6 Å². The summed E-state index contributed by atoms with van der Waals surface area (Å²) in [5.74, 6) is 0.992. The van der Waals surface area contributed by atoms with Crippen LogP contribution in [0.15, 0.2) is 42.7 Å². The van der Waals surface area contributed by atoms with Gasteiger partial charge in [-0.15, -0.1) is 0 Å². The molecular formula is C39H60N4O4. The second-order valence-electron chi connectivity index (χ2n) is 14.4. The molecule has 260 valence electrons. The first-order chi connectivity index (χ1) is 22.0. The molecule has 0 spiro atoms. The zero-order chi connectivity index (χ0) is 35.4. The fourth-order valence-corrected chi connectivity index (χ4v) is 5.26. The van der Waals surface area contributed by atoms with Gasteiger partial charge in [0.15, 0.2) is 0 Å². The van der Waals surface area contributed by atoms with Crippen LogP contribution in [0.3, 0.4) is 0 Å². The number of piperidine rings is 1. The minimum Gasteiger partial charge on any atom is -0.491 e. The molecule has 1 saturated heterocycles. The average Bonchev–Trinajstić information content (AvgIpc) is 2.98. The number of aryl methyl sites for hydroxylation is 3. The molecule has 0 aliphatic carbocycles. The van der Waals surface area contributed by atoms with Crippen molar-refractivity contribution in [3.63, 3.8) is 0 Å². The van der Waals surface area contributed by atoms with Crippen molar-refractivity contribution in [2.45, 2.75) is 107 Å². The van der Waals surface area contributed by atoms with E-state index in [4.69, 9.17) is 19.8 Å². The molecule has 1 aliphatic rings. The molecule has 0 saturated carbocycles. The summed E-state index contributed by atoms with van der Waals surface area (Å²) < 4.78 is 10.5. The molecule has 8 nitrogen and oxygen atoms in total. The van der Waals surface area contributed by atoms with E-state index in [2.05, 4.69) is 93.5 Å². The number of nitrogens with zero attached hydrogens (tertiary/aromatic N) is 4. The highest BCUT2D eigenvalue weighted by atomic mass is 16.5. The van der Waals surface area contributed by atoms with E-state index in [1.807, 2.05) is 12.4 Å². The molecular weight excluding hydrogens is 588 g/mol. The fourth-order valence-electron chi connectivity index (χ4n) is 5.26. The van der Waals surface area contributed by atoms with Crippen molar-refractivity contribution in [1.29, 1.82) is 0 Å². The Hall–Kier alpha value is -3.65. The van der Waals surface area contributed by atoms with Crippen molar-refractivity contribution in [1.82, 2.24) is 9.97 Å². The van der Waals surface area contributed by atoms with Gasteiger partial charge in [0, 0.05) is 37.6 Å². The van der Waals surface area contributed by atoms with Gasteiger partial charge in [-0.2, -0.15) is 0 Å². The highest BCUT2D eigenvalue weighted by molar-refractivity contribution is 5.79. The number of carbonyl (C=O) groups is 1. The number of likely N-dealkylation sites (N-methyl/N-ethyl adjacent to an activating group) is 1. The summed E-state index contributed by atoms with van der Waals surface area (Å²) in [6.45, 7) is 26.2. The lowest BCUT2D eigenvalue weighted by atomic mass is 9.82. The Morgan fingerprint density at radius 2 is 1.62 bits per heavy atom. The molecule has 0 bridgehead atoms. The van der Waals surface area contributed by atoms with Crippen LogP contribution in [-0.4, -0.2) is 66.5 Å². The van der Waals surface area contributed by atoms with Crippen LogP contribution in [-0.2, 0) is 16.0 Å². The van der Waals surface area contributed by atoms with E-state index in [0.717, 1.165) is 54.4 Å². The van der Waals surface area contributed by atoms with Gasteiger partial charge in [-0.05, 0) is 109 Å². The average molecular weight is 649 g/mol. The Morgan fingerprint density at radius 3 is 2.09 bits per heavy atom. The topological polar surface area (TPSA) is 88.0 Å². The molecule has 0 unspecified atom stereocenters. The largest absolute Gasteiger partial charge is 0.491 e. The Bertz CT molecular complexity index is 1360. The summed E-state index contributed by atoms with van der Waals surface area (Å²) in [7, 11) is 2.09. The molecule has 47 heavy (non-hydrogen) atoms. The van der Waals surface area contributed by atoms with Crippen molar-refractivity contribution in [3.05, 3.63) is 65.1 Å². The van der Waals surface area contributed by atoms with Crippen LogP contribution in [0.4, 0.5) is 11.4 Å². The number of aromatic nitrogens is 2. The van der Waals surface area contributed by atoms with Gasteiger partial charge >= 0.3 is 0 Å². The predicted octanol–water partition coefficient (Wildman–Crippen LogP) is 8.12. The van der Waals surface area contributed by atoms with Crippen LogP contribution in [0, 0.1) is 26.2 Å². The normalized spacial score (nSPS) is 14.0. The molecule has 0 atom stereocenters. The second kappa shape index (κ2) is 18.0. The van der Waals surface area contributed by atoms with Crippen molar-refractivity contribution in [2.75, 3.05) is 43.1 Å². The van der Waals surface area contributed by atoms with Crippen molar-refractivity contribution in [3.8, 4) is 17.0 Å². The van der Waals surface area contributed by atoms with Gasteiger partial charge in [-0.25, -0.2) is 0 Å². The molecule has 1 N–H and O–H groups in total. The summed E-state index contributed by atoms with van der Waals surface area (Å²) >= 11 is 0. The number of aliphatic hydroxyl groups is 1. The minimum absolute atomic E-state index is 0.0301. The number of anilines is 2. The Kier molecular flexibility index (Phi) is 15.2. The van der Waals surface area contributed by atoms with Crippen molar-refractivity contribution < 1.29 is 19.4 Å². The maximum atomic E-state index is 9.39. The lowest BCUT2D eigenvalue weighted by Crippen LogP contribution is -2.38. The van der Waals surface area contributed by atoms with Crippen LogP contribution in [0.2, 0.25) is 0 Å². The predicted molar refractivity (Wildman–Crippen MR) is 196 cm³/mol. The molecule has 1 aliphatic heterocycles. The lowest BCUT2D eigenvalue weighted by Gasteiger charge is -2.40. The summed E-state index contributed by atoms with van der Waals surface area (Å²) in [5, 5.41) is 8.52. The zero-order valence-corrected chi connectivity index (χ0v) is 31.1. The number of hydrogen-bond donors (Lipinski definition) is 1. The minimum atomic E-state index is -0.500. The molecule has 0 amide bonds. The first-order valence-electron chi connectivity index (χ1n) is 16.9. The van der Waals surface area contributed by atoms with Gasteiger partial charge in [-0.3, -0.25) is 14.8 Å². The van der Waals surface area contributed by atoms with Gasteiger partial charge in [0.2, 0.25) is 0 Å². The quantitative estimate of drug-likeness (QED) is 0.221. The molecule has 8 heteroatoms. The number of pyridine rings is 2. The number of benzene rings is 1. The molecule has 1 fully saturated rings. The van der Waals surface area contributed by atoms with Crippen LogP contribution in [0.25, 0.3) is 11.3 Å². The van der Waals surface area contributed by atoms with Gasteiger partial charge in [0.25, 0.3) is 6.47 Å². The van der Waals surface area contributed by atoms with Gasteiger partial charge in [-0.1, -0.05) is 39.0 Å². The highest BCUT2D eigenvalue weighted by Crippen LogP contribution is 2.39. The molecule has 3 aromatic rings. The summed E-state index contributed by atoms with van der Waals surface area (Å²) in [4.78, 5) is 23.8. The second-order valence-corrected chi connectivity index (χ2v) is 14.4. The Balaban J connectivity index is 0.000000602. The van der Waals surface area contributed by atoms with E-state index in [9.17, 15) is 4.79 Å². The van der Waals surface area contributed by atoms with E-state index in [0.29, 0.717) is 18.5 Å². The summed E-state index contributed by atoms with van der Waals surface area (Å²) in [5.41, 5.74) is 9.28. The van der Waals surface area contributed by atoms with Crippen LogP contribution < -0.4 is 14.5 Å². The Morgan fingerprint density at radius 1 is 1.02 bits per heavy atom. The smallest absolute Gasteiger partial charge is 0.293 e. The van der Waals surface area contributed by atoms with Gasteiger partial charge < -0.3 is 24.4 Å². The third kappa shape index (κ3) is 13.2. The standard InChI is InChI=1S/C31H42N4O.C4H8O2.C4H10O/c1-8-26-24(4)32-21-27(29(26)35-16-14-31(5,6)15-17-35)28-13-12-25(20-33-28)34(7)18-19-36-30-22(2)10-9-11-23(30)3;1-4(2)6-3-5;1-4(2,3)5/h9-13,20-21H,8,14-19H2,1-7H3;3-4H,1-2H3;5H,1-3H3. The lowest BCUT2D eigenvalue weighted by molar-refractivity contribution is -0.131. The van der Waals surface area contributed by atoms with E-state index in [1.165, 1.54) is 35.2 Å². The number of carbonyl (C=O) groups excluding carboxylic acids is 1. The maximum absolute atomic E-state index is 9.39. The monoisotopic (exact) mass is 648 g/mol. The van der Waals surface area contributed by atoms with Gasteiger partial charge in [0.1, 0.15) is 12.4 Å². The first kappa shape index (κ1) is 39.5. The van der Waals surface area contributed by atoms with Crippen molar-refractivity contribution >= 4 is 17.8 Å². The van der Waals surface area contributed by atoms with E-state index in [-0.39, 0.29) is 6.10 Å². The fraction of sp³-hybridized carbons (Fsp3) is 0.564. The third-order valence-corrected chi connectivity index (χ3v) is 8.03. The number of hydrogen-bond acceptors (Lipinski definition) is 8. The van der Waals surface area contributed by atoms with Crippen LogP contribution in [0.5, 0.6) is 5.75 Å². The SMILES string of the molecule is CC(C)(C)O.CC(C)OC=O.CCc1c(C)ncc(-c2ccc(N(C)CCOc3c(C)cccc3C)cn2)c1N1CCC(C)(C)CC1. The molecule has 3 heterocycles. The Labute approximate surface area is 284 Å². The first-order valence-corrected chi connectivity index (χ1v) is 16.9. The number of para-hydroxylation sites is 1. The molecule has 4 rings (SSSR count). The highest BCUT2D eigenvalue weighted by Gasteiger charge is 2.28. The summed E-state index contributed by atoms with van der Waals surface area (Å²) in [6, 6.07) is 10.6. The zero-order valence-electron chi connectivity index (χ0n) is 31.1. The molecule has 0 radical (unpaired) electrons.